The number of urea groups is 1. The molecule has 0 aliphatic rings. The molecule has 28 heavy (non-hydrogen) atoms. The number of nitrogens with one attached hydrogen (secondary N) is 2. The zero-order valence-electron chi connectivity index (χ0n) is 15.2. The van der Waals surface area contributed by atoms with Crippen molar-refractivity contribution in [1.82, 2.24) is 20.2 Å². The van der Waals surface area contributed by atoms with Crippen LogP contribution in [0.25, 0.3) is 20.7 Å². The van der Waals surface area contributed by atoms with E-state index in [0.717, 1.165) is 23.3 Å². The van der Waals surface area contributed by atoms with Gasteiger partial charge in [0, 0.05) is 16.4 Å². The van der Waals surface area contributed by atoms with Gasteiger partial charge >= 0.3 is 6.03 Å². The molecule has 0 saturated heterocycles. The van der Waals surface area contributed by atoms with E-state index in [1.165, 1.54) is 22.2 Å². The molecule has 3 rings (SSSR count). The summed E-state index contributed by atoms with van der Waals surface area (Å²) in [6.45, 7) is 2.21. The molecule has 7 nitrogen and oxygen atoms in total. The van der Waals surface area contributed by atoms with Crippen LogP contribution in [-0.2, 0) is 11.3 Å². The fourth-order valence-electron chi connectivity index (χ4n) is 2.56. The highest BCUT2D eigenvalue weighted by molar-refractivity contribution is 7.22. The van der Waals surface area contributed by atoms with E-state index in [1.807, 2.05) is 25.1 Å². The summed E-state index contributed by atoms with van der Waals surface area (Å²) in [7, 11) is 0. The molecule has 0 unspecified atom stereocenters. The van der Waals surface area contributed by atoms with Gasteiger partial charge in [0.15, 0.2) is 0 Å². The summed E-state index contributed by atoms with van der Waals surface area (Å²) in [5, 5.41) is 5.44. The van der Waals surface area contributed by atoms with Crippen molar-refractivity contribution in [2.45, 2.75) is 26.3 Å². The Labute approximate surface area is 170 Å². The summed E-state index contributed by atoms with van der Waals surface area (Å²) in [5.74, 6) is -0.577. The lowest BCUT2D eigenvalue weighted by molar-refractivity contribution is -0.120. The van der Waals surface area contributed by atoms with E-state index in [-0.39, 0.29) is 12.1 Å². The Morgan fingerprint density at radius 1 is 1.25 bits per heavy atom. The monoisotopic (exact) mass is 418 g/mol. The van der Waals surface area contributed by atoms with E-state index in [2.05, 4.69) is 15.6 Å². The molecule has 2 N–H and O–H groups in total. The number of unbranched alkanes of at least 4 members (excludes halogenated alkanes) is 1. The maximum absolute atomic E-state index is 12.7. The van der Waals surface area contributed by atoms with Gasteiger partial charge in [0.25, 0.3) is 5.56 Å². The minimum atomic E-state index is -0.577. The third kappa shape index (κ3) is 4.76. The average Bonchev–Trinajstić information content (AvgIpc) is 3.10. The largest absolute Gasteiger partial charge is 0.338 e. The van der Waals surface area contributed by atoms with Crippen molar-refractivity contribution in [1.29, 1.82) is 0 Å². The predicted molar refractivity (Wildman–Crippen MR) is 111 cm³/mol. The third-order valence-corrected chi connectivity index (χ3v) is 5.43. The maximum atomic E-state index is 12.7. The first-order chi connectivity index (χ1) is 13.5. The van der Waals surface area contributed by atoms with E-state index in [0.29, 0.717) is 21.8 Å². The first kappa shape index (κ1) is 20.0. The van der Waals surface area contributed by atoms with Gasteiger partial charge in [-0.1, -0.05) is 37.1 Å². The molecule has 146 valence electrons. The lowest BCUT2D eigenvalue weighted by Crippen LogP contribution is -2.42. The number of hydrogen-bond acceptors (Lipinski definition) is 5. The minimum absolute atomic E-state index is 0.281. The van der Waals surface area contributed by atoms with Crippen LogP contribution in [0.5, 0.6) is 0 Å². The number of aromatic nitrogens is 2. The van der Waals surface area contributed by atoms with Crippen molar-refractivity contribution in [3.63, 3.8) is 0 Å². The van der Waals surface area contributed by atoms with Crippen molar-refractivity contribution in [2.75, 3.05) is 6.54 Å². The van der Waals surface area contributed by atoms with Crippen LogP contribution < -0.4 is 16.2 Å². The molecule has 0 saturated carbocycles. The van der Waals surface area contributed by atoms with Gasteiger partial charge < -0.3 is 5.32 Å². The molecule has 0 spiro atoms. The second-order valence-electron chi connectivity index (χ2n) is 6.17. The molecule has 1 aromatic carbocycles. The van der Waals surface area contributed by atoms with E-state index in [4.69, 9.17) is 11.6 Å². The number of imide groups is 1. The molecular weight excluding hydrogens is 400 g/mol. The SMILES string of the molecule is CCCCNC(=O)NC(=O)Cn1cnc2cc(-c3ccc(Cl)cc3)sc2c1=O. The van der Waals surface area contributed by atoms with Crippen LogP contribution in [0, 0.1) is 0 Å². The summed E-state index contributed by atoms with van der Waals surface area (Å²) < 4.78 is 1.65. The van der Waals surface area contributed by atoms with E-state index in [9.17, 15) is 14.4 Å². The van der Waals surface area contributed by atoms with Crippen molar-refractivity contribution in [3.05, 3.63) is 52.0 Å². The molecule has 0 atom stereocenters. The van der Waals surface area contributed by atoms with E-state index in [1.54, 1.807) is 12.1 Å². The summed E-state index contributed by atoms with van der Waals surface area (Å²) >= 11 is 7.22. The quantitative estimate of drug-likeness (QED) is 0.600. The fraction of sp³-hybridized carbons (Fsp3) is 0.263. The Hall–Kier alpha value is -2.71. The predicted octanol–water partition coefficient (Wildman–Crippen LogP) is 3.40. The Morgan fingerprint density at radius 3 is 2.71 bits per heavy atom. The van der Waals surface area contributed by atoms with Crippen molar-refractivity contribution in [2.24, 2.45) is 0 Å². The standard InChI is InChI=1S/C19H19ClN4O3S/c1-2-3-8-21-19(27)23-16(25)10-24-11-22-14-9-15(28-17(14)18(24)26)12-4-6-13(20)7-5-12/h4-7,9,11H,2-3,8,10H2,1H3,(H2,21,23,25,27). The number of fused-ring (bicyclic) bond motifs is 1. The highest BCUT2D eigenvalue weighted by Crippen LogP contribution is 2.31. The van der Waals surface area contributed by atoms with Crippen LogP contribution in [0.4, 0.5) is 4.79 Å². The van der Waals surface area contributed by atoms with Crippen LogP contribution >= 0.6 is 22.9 Å². The fourth-order valence-corrected chi connectivity index (χ4v) is 3.75. The van der Waals surface area contributed by atoms with E-state index < -0.39 is 11.9 Å². The molecule has 0 aliphatic carbocycles. The number of benzene rings is 1. The Balaban J connectivity index is 1.75. The van der Waals surface area contributed by atoms with Crippen LogP contribution in [0.3, 0.4) is 0 Å². The van der Waals surface area contributed by atoms with Crippen LogP contribution in [0.2, 0.25) is 5.02 Å². The van der Waals surface area contributed by atoms with Gasteiger partial charge in [0.05, 0.1) is 11.8 Å². The normalized spacial score (nSPS) is 10.8. The Morgan fingerprint density at radius 2 is 2.00 bits per heavy atom. The van der Waals surface area contributed by atoms with Gasteiger partial charge in [-0.2, -0.15) is 0 Å². The molecule has 0 fully saturated rings. The molecule has 0 aliphatic heterocycles. The van der Waals surface area contributed by atoms with Gasteiger partial charge in [-0.15, -0.1) is 11.3 Å². The Bertz CT molecular complexity index is 1060. The van der Waals surface area contributed by atoms with Gasteiger partial charge in [-0.05, 0) is 30.2 Å². The number of nitrogens with zero attached hydrogens (tertiary/aromatic N) is 2. The van der Waals surface area contributed by atoms with Gasteiger partial charge in [-0.3, -0.25) is 19.5 Å². The zero-order chi connectivity index (χ0) is 20.1. The smallest absolute Gasteiger partial charge is 0.321 e. The Kier molecular flexibility index (Phi) is 6.43. The summed E-state index contributed by atoms with van der Waals surface area (Å²) in [5.41, 5.74) is 1.17. The number of rotatable bonds is 6. The summed E-state index contributed by atoms with van der Waals surface area (Å²) in [4.78, 5) is 41.5. The lowest BCUT2D eigenvalue weighted by atomic mass is 10.2. The topological polar surface area (TPSA) is 93.1 Å². The van der Waals surface area contributed by atoms with Gasteiger partial charge in [0.2, 0.25) is 5.91 Å². The van der Waals surface area contributed by atoms with Crippen molar-refractivity contribution >= 4 is 45.1 Å². The number of hydrogen-bond donors (Lipinski definition) is 2. The van der Waals surface area contributed by atoms with Gasteiger partial charge in [0.1, 0.15) is 11.2 Å². The molecule has 2 heterocycles. The second kappa shape index (κ2) is 8.99. The molecule has 3 aromatic rings. The first-order valence-corrected chi connectivity index (χ1v) is 10.00. The summed E-state index contributed by atoms with van der Waals surface area (Å²) in [6, 6.07) is 8.57. The number of halogens is 1. The maximum Gasteiger partial charge on any atom is 0.321 e. The third-order valence-electron chi connectivity index (χ3n) is 4.02. The lowest BCUT2D eigenvalue weighted by Gasteiger charge is -2.07. The van der Waals surface area contributed by atoms with Gasteiger partial charge in [-0.25, -0.2) is 9.78 Å². The molecule has 0 radical (unpaired) electrons. The molecule has 2 aromatic heterocycles. The highest BCUT2D eigenvalue weighted by Gasteiger charge is 2.13. The average molecular weight is 419 g/mol. The number of amides is 3. The molecule has 0 bridgehead atoms. The van der Waals surface area contributed by atoms with Crippen LogP contribution in [0.15, 0.2) is 41.5 Å². The molecular formula is C19H19ClN4O3S. The number of carbonyl (C=O) groups excluding carboxylic acids is 2. The van der Waals surface area contributed by atoms with Crippen molar-refractivity contribution < 1.29 is 9.59 Å². The first-order valence-electron chi connectivity index (χ1n) is 8.80. The van der Waals surface area contributed by atoms with Crippen LogP contribution in [0.1, 0.15) is 19.8 Å². The number of thiophene rings is 1. The molecule has 3 amide bonds. The highest BCUT2D eigenvalue weighted by atomic mass is 35.5. The van der Waals surface area contributed by atoms with E-state index >= 15 is 0 Å². The van der Waals surface area contributed by atoms with Crippen molar-refractivity contribution in [3.8, 4) is 10.4 Å². The minimum Gasteiger partial charge on any atom is -0.338 e. The summed E-state index contributed by atoms with van der Waals surface area (Å²) in [6.07, 6.45) is 3.09. The number of carbonyl (C=O) groups is 2. The molecule has 9 heteroatoms. The second-order valence-corrected chi connectivity index (χ2v) is 7.66. The van der Waals surface area contributed by atoms with Crippen LogP contribution in [-0.4, -0.2) is 28.0 Å². The zero-order valence-corrected chi connectivity index (χ0v) is 16.8.